The van der Waals surface area contributed by atoms with Gasteiger partial charge in [-0.1, -0.05) is 32.9 Å². The molecule has 108 valence electrons. The second-order valence-electron chi connectivity index (χ2n) is 5.30. The predicted molar refractivity (Wildman–Crippen MR) is 80.1 cm³/mol. The number of nitrogens with one attached hydrogen (secondary N) is 1. The van der Waals surface area contributed by atoms with E-state index in [4.69, 9.17) is 5.73 Å². The summed E-state index contributed by atoms with van der Waals surface area (Å²) in [5, 5.41) is 3.31. The van der Waals surface area contributed by atoms with E-state index in [0.29, 0.717) is 17.1 Å². The molecule has 1 aromatic rings. The fourth-order valence-electron chi connectivity index (χ4n) is 1.74. The van der Waals surface area contributed by atoms with Crippen LogP contribution in [0.3, 0.4) is 0 Å². The van der Waals surface area contributed by atoms with Gasteiger partial charge in [-0.05, 0) is 25.0 Å². The van der Waals surface area contributed by atoms with Crippen molar-refractivity contribution >= 4 is 15.5 Å². The lowest BCUT2D eigenvalue weighted by Gasteiger charge is -2.35. The molecule has 1 unspecified atom stereocenters. The summed E-state index contributed by atoms with van der Waals surface area (Å²) in [6, 6.07) is 6.99. The Balaban J connectivity index is 3.23. The number of para-hydroxylation sites is 1. The number of hydrogen-bond donors (Lipinski definition) is 2. The van der Waals surface area contributed by atoms with E-state index in [1.54, 1.807) is 25.1 Å². The van der Waals surface area contributed by atoms with Crippen LogP contribution in [0, 0.1) is 5.92 Å². The Bertz CT molecular complexity index is 526. The number of anilines is 1. The largest absolute Gasteiger partial charge is 0.377 e. The molecule has 5 heteroatoms. The summed E-state index contributed by atoms with van der Waals surface area (Å²) in [5.74, 6) is 0.377. The van der Waals surface area contributed by atoms with Gasteiger partial charge < -0.3 is 11.1 Å². The Hall–Kier alpha value is -1.07. The lowest BCUT2D eigenvalue weighted by molar-refractivity contribution is 0.382. The highest BCUT2D eigenvalue weighted by Gasteiger charge is 2.28. The summed E-state index contributed by atoms with van der Waals surface area (Å²) in [6.45, 7) is 8.22. The molecule has 0 bridgehead atoms. The molecule has 0 spiro atoms. The monoisotopic (exact) mass is 284 g/mol. The van der Waals surface area contributed by atoms with E-state index in [1.165, 1.54) is 0 Å². The predicted octanol–water partition coefficient (Wildman–Crippen LogP) is 2.27. The second kappa shape index (κ2) is 5.92. The normalized spacial score (nSPS) is 15.3. The van der Waals surface area contributed by atoms with Crippen LogP contribution in [-0.4, -0.2) is 26.3 Å². The van der Waals surface area contributed by atoms with Crippen molar-refractivity contribution in [3.8, 4) is 0 Å². The maximum absolute atomic E-state index is 12.1. The van der Waals surface area contributed by atoms with Crippen molar-refractivity contribution in [2.24, 2.45) is 11.7 Å². The van der Waals surface area contributed by atoms with Crippen molar-refractivity contribution in [2.45, 2.75) is 38.1 Å². The molecular formula is C14H24N2O2S. The van der Waals surface area contributed by atoms with Gasteiger partial charge in [0.15, 0.2) is 9.84 Å². The molecule has 0 saturated carbocycles. The van der Waals surface area contributed by atoms with Crippen LogP contribution in [0.2, 0.25) is 0 Å². The fourth-order valence-corrected chi connectivity index (χ4v) is 2.79. The summed E-state index contributed by atoms with van der Waals surface area (Å²) >= 11 is 0. The summed E-state index contributed by atoms with van der Waals surface area (Å²) in [7, 11) is -3.24. The minimum Gasteiger partial charge on any atom is -0.377 e. The number of hydrogen-bond acceptors (Lipinski definition) is 4. The Morgan fingerprint density at radius 3 is 2.37 bits per heavy atom. The minimum absolute atomic E-state index is 0.0900. The van der Waals surface area contributed by atoms with Gasteiger partial charge in [0, 0.05) is 12.1 Å². The first-order chi connectivity index (χ1) is 8.77. The zero-order chi connectivity index (χ0) is 14.7. The van der Waals surface area contributed by atoms with Crippen LogP contribution in [0.1, 0.15) is 27.7 Å². The SMILES string of the molecule is CCS(=O)(=O)c1ccccc1NC(C)(CN)C(C)C. The maximum atomic E-state index is 12.1. The van der Waals surface area contributed by atoms with Crippen molar-refractivity contribution in [2.75, 3.05) is 17.6 Å². The Kier molecular flexibility index (Phi) is 4.98. The van der Waals surface area contributed by atoms with E-state index in [-0.39, 0.29) is 17.2 Å². The van der Waals surface area contributed by atoms with Gasteiger partial charge in [-0.3, -0.25) is 0 Å². The van der Waals surface area contributed by atoms with Gasteiger partial charge in [0.1, 0.15) is 0 Å². The molecule has 0 amide bonds. The average molecular weight is 284 g/mol. The summed E-state index contributed by atoms with van der Waals surface area (Å²) in [5.41, 5.74) is 6.13. The third-order valence-electron chi connectivity index (χ3n) is 3.72. The van der Waals surface area contributed by atoms with Gasteiger partial charge in [0.2, 0.25) is 0 Å². The molecule has 0 aliphatic heterocycles. The highest BCUT2D eigenvalue weighted by molar-refractivity contribution is 7.91. The Labute approximate surface area is 116 Å². The molecule has 1 rings (SSSR count). The van der Waals surface area contributed by atoms with Crippen LogP contribution in [0.4, 0.5) is 5.69 Å². The molecule has 0 aromatic heterocycles. The summed E-state index contributed by atoms with van der Waals surface area (Å²) < 4.78 is 24.2. The van der Waals surface area contributed by atoms with Gasteiger partial charge in [0.05, 0.1) is 16.3 Å². The molecule has 4 nitrogen and oxygen atoms in total. The highest BCUT2D eigenvalue weighted by Crippen LogP contribution is 2.28. The zero-order valence-corrected chi connectivity index (χ0v) is 12.9. The lowest BCUT2D eigenvalue weighted by Crippen LogP contribution is -2.47. The van der Waals surface area contributed by atoms with E-state index in [2.05, 4.69) is 19.2 Å². The molecule has 1 aromatic carbocycles. The highest BCUT2D eigenvalue weighted by atomic mass is 32.2. The first-order valence-corrected chi connectivity index (χ1v) is 8.22. The van der Waals surface area contributed by atoms with Crippen molar-refractivity contribution in [1.82, 2.24) is 0 Å². The van der Waals surface area contributed by atoms with E-state index in [0.717, 1.165) is 0 Å². The molecule has 0 saturated heterocycles. The first kappa shape index (κ1) is 16.0. The Morgan fingerprint density at radius 2 is 1.89 bits per heavy atom. The van der Waals surface area contributed by atoms with Crippen LogP contribution in [0.5, 0.6) is 0 Å². The maximum Gasteiger partial charge on any atom is 0.180 e. The quantitative estimate of drug-likeness (QED) is 0.840. The molecule has 0 fully saturated rings. The zero-order valence-electron chi connectivity index (χ0n) is 12.1. The molecule has 0 radical (unpaired) electrons. The summed E-state index contributed by atoms with van der Waals surface area (Å²) in [4.78, 5) is 0.345. The van der Waals surface area contributed by atoms with Crippen LogP contribution >= 0.6 is 0 Å². The topological polar surface area (TPSA) is 72.2 Å². The Morgan fingerprint density at radius 1 is 1.32 bits per heavy atom. The number of nitrogens with two attached hydrogens (primary N) is 1. The van der Waals surface area contributed by atoms with Gasteiger partial charge >= 0.3 is 0 Å². The number of rotatable bonds is 6. The lowest BCUT2D eigenvalue weighted by atomic mass is 9.88. The second-order valence-corrected chi connectivity index (χ2v) is 7.55. The third-order valence-corrected chi connectivity index (χ3v) is 5.51. The smallest absolute Gasteiger partial charge is 0.180 e. The third kappa shape index (κ3) is 3.48. The van der Waals surface area contributed by atoms with Crippen LogP contribution in [-0.2, 0) is 9.84 Å². The van der Waals surface area contributed by atoms with E-state index < -0.39 is 9.84 Å². The van der Waals surface area contributed by atoms with Crippen molar-refractivity contribution in [3.63, 3.8) is 0 Å². The van der Waals surface area contributed by atoms with Crippen LogP contribution in [0.15, 0.2) is 29.2 Å². The molecular weight excluding hydrogens is 260 g/mol. The van der Waals surface area contributed by atoms with Crippen molar-refractivity contribution in [3.05, 3.63) is 24.3 Å². The molecule has 3 N–H and O–H groups in total. The van der Waals surface area contributed by atoms with E-state index in [9.17, 15) is 8.42 Å². The molecule has 19 heavy (non-hydrogen) atoms. The summed E-state index contributed by atoms with van der Waals surface area (Å²) in [6.07, 6.45) is 0. The molecule has 1 atom stereocenters. The standard InChI is InChI=1S/C14H24N2O2S/c1-5-19(17,18)13-9-7-6-8-12(13)16-14(4,10-15)11(2)3/h6-9,11,16H,5,10,15H2,1-4H3. The first-order valence-electron chi connectivity index (χ1n) is 6.57. The van der Waals surface area contributed by atoms with E-state index >= 15 is 0 Å². The molecule has 0 heterocycles. The number of benzene rings is 1. The van der Waals surface area contributed by atoms with Gasteiger partial charge in [-0.25, -0.2) is 8.42 Å². The average Bonchev–Trinajstić information content (AvgIpc) is 2.38. The van der Waals surface area contributed by atoms with Gasteiger partial charge in [-0.15, -0.1) is 0 Å². The van der Waals surface area contributed by atoms with Crippen molar-refractivity contribution < 1.29 is 8.42 Å². The van der Waals surface area contributed by atoms with Gasteiger partial charge in [-0.2, -0.15) is 0 Å². The van der Waals surface area contributed by atoms with Crippen LogP contribution in [0.25, 0.3) is 0 Å². The van der Waals surface area contributed by atoms with E-state index in [1.807, 2.05) is 13.0 Å². The van der Waals surface area contributed by atoms with Gasteiger partial charge in [0.25, 0.3) is 0 Å². The van der Waals surface area contributed by atoms with Crippen LogP contribution < -0.4 is 11.1 Å². The molecule has 0 aliphatic rings. The number of sulfone groups is 1. The van der Waals surface area contributed by atoms with Crippen molar-refractivity contribution in [1.29, 1.82) is 0 Å². The fraction of sp³-hybridized carbons (Fsp3) is 0.571. The molecule has 0 aliphatic carbocycles. The minimum atomic E-state index is -3.24.